The maximum Gasteiger partial charge on any atom is 0.414 e. The van der Waals surface area contributed by atoms with Crippen molar-refractivity contribution in [2.45, 2.75) is 12.6 Å². The summed E-state index contributed by atoms with van der Waals surface area (Å²) in [5.41, 5.74) is 8.61. The fourth-order valence-electron chi connectivity index (χ4n) is 3.35. The van der Waals surface area contributed by atoms with E-state index in [-0.39, 0.29) is 13.1 Å². The molecule has 0 bridgehead atoms. The number of benzene rings is 1. The lowest BCUT2D eigenvalue weighted by Gasteiger charge is -2.19. The molecule has 1 fully saturated rings. The van der Waals surface area contributed by atoms with Crippen molar-refractivity contribution in [3.05, 3.63) is 60.5 Å². The highest BCUT2D eigenvalue weighted by atomic mass is 19.1. The number of anilines is 2. The second-order valence-electron chi connectivity index (χ2n) is 6.88. The van der Waals surface area contributed by atoms with Crippen molar-refractivity contribution in [2.75, 3.05) is 29.4 Å². The lowest BCUT2D eigenvalue weighted by atomic mass is 10.1. The lowest BCUT2D eigenvalue weighted by Crippen LogP contribution is -2.26. The molecule has 10 nitrogen and oxygen atoms in total. The largest absolute Gasteiger partial charge is 0.676 e. The van der Waals surface area contributed by atoms with Crippen LogP contribution in [0.15, 0.2) is 48.9 Å². The first-order valence-corrected chi connectivity index (χ1v) is 9.59. The summed E-state index contributed by atoms with van der Waals surface area (Å²) in [4.78, 5) is 19.4. The van der Waals surface area contributed by atoms with Crippen molar-refractivity contribution in [3.63, 3.8) is 0 Å². The van der Waals surface area contributed by atoms with Gasteiger partial charge >= 0.3 is 6.09 Å². The molecule has 4 rings (SSSR count). The highest BCUT2D eigenvalue weighted by molar-refractivity contribution is 5.90. The van der Waals surface area contributed by atoms with Gasteiger partial charge in [0.2, 0.25) is 0 Å². The molecule has 0 saturated carbocycles. The molecule has 11 heteroatoms. The Bertz CT molecular complexity index is 1060. The number of nitrogens with zero attached hydrogens (tertiary/aromatic N) is 6. The molecule has 1 saturated heterocycles. The highest BCUT2D eigenvalue weighted by Crippen LogP contribution is 2.29. The second-order valence-corrected chi connectivity index (χ2v) is 6.88. The van der Waals surface area contributed by atoms with E-state index in [1.54, 1.807) is 41.3 Å². The van der Waals surface area contributed by atoms with E-state index in [0.29, 0.717) is 35.7 Å². The van der Waals surface area contributed by atoms with Crippen LogP contribution in [-0.4, -0.2) is 58.1 Å². The average Bonchev–Trinajstić information content (AvgIpc) is 3.42. The average molecular weight is 423 g/mol. The normalized spacial score (nSPS) is 15.7. The Labute approximate surface area is 177 Å². The van der Waals surface area contributed by atoms with Gasteiger partial charge in [0.05, 0.1) is 31.3 Å². The molecule has 1 aromatic carbocycles. The van der Waals surface area contributed by atoms with Gasteiger partial charge in [0, 0.05) is 30.1 Å². The Morgan fingerprint density at radius 1 is 1.35 bits per heavy atom. The standard InChI is InChI=1S/C20H20FN8O2/c21-18-9-15(29-12-16(31-20(29)30)11-28-8-6-25-26-28)2-3-17(18)14-1-4-19(24-10-14)27(13-23)7-5-22/h1-4,6,8-10,13,16,22-23H,5,7,11-12H2/q-1/t16-/m0/s1. The van der Waals surface area contributed by atoms with Gasteiger partial charge < -0.3 is 15.4 Å². The van der Waals surface area contributed by atoms with Crippen LogP contribution in [0.25, 0.3) is 16.9 Å². The summed E-state index contributed by atoms with van der Waals surface area (Å²) < 4.78 is 21.8. The van der Waals surface area contributed by atoms with Gasteiger partial charge in [-0.2, -0.15) is 0 Å². The van der Waals surface area contributed by atoms with E-state index < -0.39 is 18.0 Å². The third-order valence-electron chi connectivity index (χ3n) is 4.86. The van der Waals surface area contributed by atoms with Crippen molar-refractivity contribution in [1.82, 2.24) is 20.0 Å². The van der Waals surface area contributed by atoms with Crippen LogP contribution in [0.4, 0.5) is 20.7 Å². The summed E-state index contributed by atoms with van der Waals surface area (Å²) in [5, 5.41) is 15.0. The Morgan fingerprint density at radius 3 is 2.87 bits per heavy atom. The van der Waals surface area contributed by atoms with Crippen molar-refractivity contribution in [1.29, 1.82) is 5.41 Å². The van der Waals surface area contributed by atoms with Crippen molar-refractivity contribution in [3.8, 4) is 11.1 Å². The van der Waals surface area contributed by atoms with Crippen LogP contribution < -0.4 is 9.80 Å². The molecule has 1 amide bonds. The zero-order chi connectivity index (χ0) is 21.8. The van der Waals surface area contributed by atoms with Gasteiger partial charge in [0.15, 0.2) is 0 Å². The number of amides is 1. The van der Waals surface area contributed by atoms with E-state index in [4.69, 9.17) is 15.9 Å². The summed E-state index contributed by atoms with van der Waals surface area (Å²) in [6.45, 7) is 1.13. The number of hydrogen-bond donors (Lipinski definition) is 1. The fourth-order valence-corrected chi connectivity index (χ4v) is 3.35. The summed E-state index contributed by atoms with van der Waals surface area (Å²) in [7, 11) is 0. The molecule has 2 aromatic heterocycles. The molecule has 1 aliphatic rings. The number of nitrogens with one attached hydrogen (secondary N) is 2. The van der Waals surface area contributed by atoms with Crippen LogP contribution in [0.2, 0.25) is 0 Å². The summed E-state index contributed by atoms with van der Waals surface area (Å²) in [6.07, 6.45) is 4.91. The van der Waals surface area contributed by atoms with E-state index in [1.165, 1.54) is 22.1 Å². The maximum absolute atomic E-state index is 14.9. The molecular weight excluding hydrogens is 403 g/mol. The molecule has 3 aromatic rings. The summed E-state index contributed by atoms with van der Waals surface area (Å²) in [6, 6.07) is 7.94. The van der Waals surface area contributed by atoms with E-state index in [2.05, 4.69) is 15.3 Å². The van der Waals surface area contributed by atoms with Crippen molar-refractivity contribution in [2.24, 2.45) is 0 Å². The number of cyclic esters (lactones) is 1. The third kappa shape index (κ3) is 4.36. The number of pyridine rings is 1. The Kier molecular flexibility index (Phi) is 5.85. The predicted octanol–water partition coefficient (Wildman–Crippen LogP) is 2.97. The SMILES string of the molecule is N=CN(CC[NH-])c1ccc(-c2ccc(N3C[C@H](Cn4ccnn4)OC3=O)cc2F)cn1. The second kappa shape index (κ2) is 8.88. The number of carbonyl (C=O) groups is 1. The number of rotatable bonds is 8. The monoisotopic (exact) mass is 423 g/mol. The van der Waals surface area contributed by atoms with Crippen LogP contribution in [0.1, 0.15) is 0 Å². The zero-order valence-corrected chi connectivity index (χ0v) is 16.5. The Morgan fingerprint density at radius 2 is 2.23 bits per heavy atom. The first-order valence-electron chi connectivity index (χ1n) is 9.59. The number of halogens is 1. The first kappa shape index (κ1) is 20.4. The van der Waals surface area contributed by atoms with Gasteiger partial charge in [0.1, 0.15) is 17.7 Å². The van der Waals surface area contributed by atoms with Gasteiger partial charge in [-0.3, -0.25) is 10.3 Å². The first-order chi connectivity index (χ1) is 15.1. The van der Waals surface area contributed by atoms with Crippen LogP contribution in [-0.2, 0) is 11.3 Å². The minimum absolute atomic E-state index is 0.132. The number of aromatic nitrogens is 4. The third-order valence-corrected chi connectivity index (χ3v) is 4.86. The van der Waals surface area contributed by atoms with Gasteiger partial charge in [-0.05, 0) is 30.3 Å². The molecule has 2 N–H and O–H groups in total. The van der Waals surface area contributed by atoms with E-state index >= 15 is 0 Å². The maximum atomic E-state index is 14.9. The van der Waals surface area contributed by atoms with E-state index in [0.717, 1.165) is 6.34 Å². The molecule has 0 unspecified atom stereocenters. The van der Waals surface area contributed by atoms with Crippen LogP contribution in [0.3, 0.4) is 0 Å². The van der Waals surface area contributed by atoms with Crippen LogP contribution in [0, 0.1) is 11.2 Å². The minimum atomic E-state index is -0.538. The van der Waals surface area contributed by atoms with Crippen LogP contribution in [0.5, 0.6) is 0 Å². The molecule has 0 aliphatic carbocycles. The topological polar surface area (TPSA) is 124 Å². The smallest absolute Gasteiger partial charge is 0.414 e. The lowest BCUT2D eigenvalue weighted by molar-refractivity contribution is 0.129. The highest BCUT2D eigenvalue weighted by Gasteiger charge is 2.33. The van der Waals surface area contributed by atoms with Crippen molar-refractivity contribution >= 4 is 23.9 Å². The van der Waals surface area contributed by atoms with Crippen LogP contribution >= 0.6 is 0 Å². The minimum Gasteiger partial charge on any atom is -0.676 e. The predicted molar refractivity (Wildman–Crippen MR) is 113 cm³/mol. The molecule has 0 radical (unpaired) electrons. The van der Waals surface area contributed by atoms with Gasteiger partial charge in [-0.15, -0.1) is 11.6 Å². The molecule has 3 heterocycles. The quantitative estimate of drug-likeness (QED) is 0.439. The zero-order valence-electron chi connectivity index (χ0n) is 16.5. The molecule has 0 spiro atoms. The molecular formula is C20H20FN8O2-. The van der Waals surface area contributed by atoms with E-state index in [1.807, 2.05) is 0 Å². The van der Waals surface area contributed by atoms with Crippen molar-refractivity contribution < 1.29 is 13.9 Å². The van der Waals surface area contributed by atoms with Gasteiger partial charge in [0.25, 0.3) is 0 Å². The molecule has 31 heavy (non-hydrogen) atoms. The summed E-state index contributed by atoms with van der Waals surface area (Å²) in [5.74, 6) is 0.0240. The van der Waals surface area contributed by atoms with Gasteiger partial charge in [-0.1, -0.05) is 5.21 Å². The Hall–Kier alpha value is -3.86. The molecule has 1 atom stereocenters. The van der Waals surface area contributed by atoms with E-state index in [9.17, 15) is 9.18 Å². The number of hydrogen-bond acceptors (Lipinski definition) is 6. The summed E-state index contributed by atoms with van der Waals surface area (Å²) >= 11 is 0. The number of ether oxygens (including phenoxy) is 1. The Balaban J connectivity index is 1.49. The molecule has 160 valence electrons. The molecule has 1 aliphatic heterocycles. The van der Waals surface area contributed by atoms with Gasteiger partial charge in [-0.25, -0.2) is 18.9 Å². The number of carbonyl (C=O) groups excluding carboxylic acids is 1. The fraction of sp³-hybridized carbons (Fsp3) is 0.250.